The molecular formula is C5H13N3O. The third kappa shape index (κ3) is 1.40. The predicted octanol–water partition coefficient (Wildman–Crippen LogP) is -1.43. The van der Waals surface area contributed by atoms with Gasteiger partial charge in [0.05, 0.1) is 12.8 Å². The van der Waals surface area contributed by atoms with Gasteiger partial charge in [-0.3, -0.25) is 5.32 Å². The molecule has 2 unspecified atom stereocenters. The van der Waals surface area contributed by atoms with Gasteiger partial charge in [0, 0.05) is 6.54 Å². The monoisotopic (exact) mass is 131 g/mol. The average Bonchev–Trinajstić information content (AvgIpc) is 1.77. The topological polar surface area (TPSA) is 73.3 Å². The van der Waals surface area contributed by atoms with Crippen molar-refractivity contribution in [2.45, 2.75) is 18.8 Å². The molecule has 0 saturated carbocycles. The molecular weight excluding hydrogens is 118 g/mol. The van der Waals surface area contributed by atoms with Gasteiger partial charge in [-0.1, -0.05) is 0 Å². The molecule has 1 heterocycles. The summed E-state index contributed by atoms with van der Waals surface area (Å²) in [6, 6.07) is 0. The molecule has 0 spiro atoms. The zero-order valence-electron chi connectivity index (χ0n) is 5.55. The van der Waals surface area contributed by atoms with Crippen LogP contribution in [0.3, 0.4) is 0 Å². The first-order chi connectivity index (χ1) is 4.13. The molecule has 1 rings (SSSR count). The highest BCUT2D eigenvalue weighted by atomic mass is 16.5. The summed E-state index contributed by atoms with van der Waals surface area (Å²) in [5.74, 6) is 0. The van der Waals surface area contributed by atoms with Crippen LogP contribution in [-0.4, -0.2) is 25.0 Å². The molecule has 54 valence electrons. The van der Waals surface area contributed by atoms with Crippen LogP contribution in [0.25, 0.3) is 0 Å². The summed E-state index contributed by atoms with van der Waals surface area (Å²) in [6.07, 6.45) is -0.244. The van der Waals surface area contributed by atoms with E-state index in [1.165, 1.54) is 0 Å². The number of rotatable bonds is 0. The van der Waals surface area contributed by atoms with Crippen molar-refractivity contribution in [3.8, 4) is 0 Å². The maximum absolute atomic E-state index is 5.61. The van der Waals surface area contributed by atoms with Crippen LogP contribution in [0.1, 0.15) is 6.92 Å². The van der Waals surface area contributed by atoms with Gasteiger partial charge in [-0.15, -0.1) is 0 Å². The van der Waals surface area contributed by atoms with Gasteiger partial charge in [-0.05, 0) is 6.92 Å². The molecule has 0 amide bonds. The minimum Gasteiger partial charge on any atom is -0.357 e. The summed E-state index contributed by atoms with van der Waals surface area (Å²) < 4.78 is 5.17. The molecule has 0 aromatic rings. The molecule has 0 aromatic heterocycles. The predicted molar refractivity (Wildman–Crippen MR) is 34.5 cm³/mol. The van der Waals surface area contributed by atoms with Crippen molar-refractivity contribution in [1.29, 1.82) is 0 Å². The fourth-order valence-corrected chi connectivity index (χ4v) is 0.778. The van der Waals surface area contributed by atoms with E-state index in [1.807, 2.05) is 0 Å². The first kappa shape index (κ1) is 6.95. The Labute approximate surface area is 54.5 Å². The summed E-state index contributed by atoms with van der Waals surface area (Å²) in [4.78, 5) is 0. The summed E-state index contributed by atoms with van der Waals surface area (Å²) in [6.45, 7) is 3.19. The first-order valence-corrected chi connectivity index (χ1v) is 3.05. The van der Waals surface area contributed by atoms with Crippen LogP contribution < -0.4 is 16.8 Å². The molecule has 4 heteroatoms. The number of nitrogens with two attached hydrogens (primary N) is 2. The van der Waals surface area contributed by atoms with Crippen LogP contribution in [0, 0.1) is 0 Å². The molecule has 4 nitrogen and oxygen atoms in total. The van der Waals surface area contributed by atoms with Gasteiger partial charge in [0.15, 0.2) is 0 Å². The van der Waals surface area contributed by atoms with E-state index in [-0.39, 0.29) is 6.17 Å². The highest BCUT2D eigenvalue weighted by molar-refractivity contribution is 4.82. The summed E-state index contributed by atoms with van der Waals surface area (Å²) in [7, 11) is 0. The van der Waals surface area contributed by atoms with Crippen molar-refractivity contribution in [3.63, 3.8) is 0 Å². The van der Waals surface area contributed by atoms with Crippen LogP contribution in [0.5, 0.6) is 0 Å². The van der Waals surface area contributed by atoms with E-state index < -0.39 is 5.72 Å². The SMILES string of the molecule is CC1(N)OCCNC1N. The molecule has 1 aliphatic heterocycles. The second-order valence-corrected chi connectivity index (χ2v) is 2.46. The lowest BCUT2D eigenvalue weighted by Crippen LogP contribution is -2.65. The fraction of sp³-hybridized carbons (Fsp3) is 1.00. The first-order valence-electron chi connectivity index (χ1n) is 3.05. The number of morpholine rings is 1. The molecule has 0 aromatic carbocycles. The normalized spacial score (nSPS) is 45.0. The third-order valence-corrected chi connectivity index (χ3v) is 1.50. The van der Waals surface area contributed by atoms with E-state index in [1.54, 1.807) is 6.92 Å². The maximum atomic E-state index is 5.61. The van der Waals surface area contributed by atoms with Crippen molar-refractivity contribution >= 4 is 0 Å². The van der Waals surface area contributed by atoms with Crippen LogP contribution >= 0.6 is 0 Å². The van der Waals surface area contributed by atoms with E-state index in [9.17, 15) is 0 Å². The van der Waals surface area contributed by atoms with Gasteiger partial charge in [-0.25, -0.2) is 0 Å². The molecule has 9 heavy (non-hydrogen) atoms. The molecule has 5 N–H and O–H groups in total. The maximum Gasteiger partial charge on any atom is 0.142 e. The van der Waals surface area contributed by atoms with Gasteiger partial charge in [-0.2, -0.15) is 0 Å². The molecule has 0 radical (unpaired) electrons. The summed E-state index contributed by atoms with van der Waals surface area (Å²) in [5.41, 5.74) is 10.5. The Morgan fingerprint density at radius 3 is 2.78 bits per heavy atom. The molecule has 2 atom stereocenters. The second-order valence-electron chi connectivity index (χ2n) is 2.46. The second kappa shape index (κ2) is 2.22. The number of hydrogen-bond acceptors (Lipinski definition) is 4. The van der Waals surface area contributed by atoms with Gasteiger partial charge >= 0.3 is 0 Å². The lowest BCUT2D eigenvalue weighted by molar-refractivity contribution is -0.0782. The van der Waals surface area contributed by atoms with Crippen LogP contribution in [0.15, 0.2) is 0 Å². The zero-order valence-corrected chi connectivity index (χ0v) is 5.55. The van der Waals surface area contributed by atoms with Crippen molar-refractivity contribution in [1.82, 2.24) is 5.32 Å². The quantitative estimate of drug-likeness (QED) is 0.376. The van der Waals surface area contributed by atoms with E-state index in [0.29, 0.717) is 6.61 Å². The third-order valence-electron chi connectivity index (χ3n) is 1.50. The summed E-state index contributed by atoms with van der Waals surface area (Å²) in [5, 5.41) is 3.00. The standard InChI is InChI=1S/C5H13N3O/c1-5(7)4(6)8-2-3-9-5/h4,8H,2-3,6-7H2,1H3. The number of ether oxygens (including phenoxy) is 1. The molecule has 0 bridgehead atoms. The highest BCUT2D eigenvalue weighted by Crippen LogP contribution is 2.06. The molecule has 1 saturated heterocycles. The Bertz CT molecular complexity index is 104. The van der Waals surface area contributed by atoms with Gasteiger partial charge < -0.3 is 16.2 Å². The van der Waals surface area contributed by atoms with Crippen LogP contribution in [0.2, 0.25) is 0 Å². The fourth-order valence-electron chi connectivity index (χ4n) is 0.778. The Morgan fingerprint density at radius 2 is 2.44 bits per heavy atom. The highest BCUT2D eigenvalue weighted by Gasteiger charge is 2.30. The minimum atomic E-state index is -0.696. The number of hydrogen-bond donors (Lipinski definition) is 3. The lowest BCUT2D eigenvalue weighted by Gasteiger charge is -2.36. The zero-order chi connectivity index (χ0) is 6.91. The van der Waals surface area contributed by atoms with E-state index >= 15 is 0 Å². The molecule has 1 fully saturated rings. The average molecular weight is 131 g/mol. The van der Waals surface area contributed by atoms with E-state index in [4.69, 9.17) is 16.2 Å². The Kier molecular flexibility index (Phi) is 1.72. The smallest absolute Gasteiger partial charge is 0.142 e. The van der Waals surface area contributed by atoms with Crippen molar-refractivity contribution in [3.05, 3.63) is 0 Å². The van der Waals surface area contributed by atoms with E-state index in [0.717, 1.165) is 6.54 Å². The Balaban J connectivity index is 2.49. The van der Waals surface area contributed by atoms with Gasteiger partial charge in [0.2, 0.25) is 0 Å². The molecule has 0 aliphatic carbocycles. The largest absolute Gasteiger partial charge is 0.357 e. The van der Waals surface area contributed by atoms with Crippen molar-refractivity contribution in [2.75, 3.05) is 13.2 Å². The Morgan fingerprint density at radius 1 is 1.78 bits per heavy atom. The van der Waals surface area contributed by atoms with E-state index in [2.05, 4.69) is 5.32 Å². The van der Waals surface area contributed by atoms with Crippen molar-refractivity contribution in [2.24, 2.45) is 11.5 Å². The molecule has 1 aliphatic rings. The minimum absolute atomic E-state index is 0.244. The lowest BCUT2D eigenvalue weighted by atomic mass is 10.2. The van der Waals surface area contributed by atoms with Crippen LogP contribution in [0.4, 0.5) is 0 Å². The van der Waals surface area contributed by atoms with Gasteiger partial charge in [0.25, 0.3) is 0 Å². The summed E-state index contributed by atoms with van der Waals surface area (Å²) >= 11 is 0. The van der Waals surface area contributed by atoms with Crippen molar-refractivity contribution < 1.29 is 4.74 Å². The Hall–Kier alpha value is -0.160. The number of nitrogens with one attached hydrogen (secondary N) is 1. The van der Waals surface area contributed by atoms with Crippen LogP contribution in [-0.2, 0) is 4.74 Å². The van der Waals surface area contributed by atoms with Gasteiger partial charge in [0.1, 0.15) is 5.72 Å².